The van der Waals surface area contributed by atoms with Gasteiger partial charge in [0, 0.05) is 10.6 Å². The van der Waals surface area contributed by atoms with Gasteiger partial charge < -0.3 is 8.97 Å². The van der Waals surface area contributed by atoms with E-state index >= 15 is 0 Å². The van der Waals surface area contributed by atoms with E-state index in [1.165, 1.54) is 24.1 Å². The molecular formula is C14H29BrN2+2. The number of allylic oxidation sites excluding steroid dienone is 2. The Balaban J connectivity index is 4.55. The van der Waals surface area contributed by atoms with Gasteiger partial charge >= 0.3 is 0 Å². The molecule has 0 rings (SSSR count). The van der Waals surface area contributed by atoms with Crippen LogP contribution in [-0.2, 0) is 0 Å². The van der Waals surface area contributed by atoms with Crippen LogP contribution in [0.4, 0.5) is 0 Å². The molecular weight excluding hydrogens is 276 g/mol. The highest BCUT2D eigenvalue weighted by molar-refractivity contribution is 9.11. The maximum absolute atomic E-state index is 3.63. The molecule has 0 aromatic rings. The van der Waals surface area contributed by atoms with E-state index in [0.717, 1.165) is 15.5 Å². The van der Waals surface area contributed by atoms with Crippen molar-refractivity contribution < 1.29 is 8.97 Å². The second-order valence-corrected chi connectivity index (χ2v) is 6.41. The monoisotopic (exact) mass is 304 g/mol. The molecule has 0 aliphatic rings. The van der Waals surface area contributed by atoms with Crippen molar-refractivity contribution in [3.63, 3.8) is 0 Å². The van der Waals surface area contributed by atoms with Gasteiger partial charge in [-0.3, -0.25) is 0 Å². The SMILES string of the molecule is CC[N+](CC)(CC)C/C=C(Br)/C=C/[N+](C)(C)C. The molecule has 0 radical (unpaired) electrons. The fourth-order valence-electron chi connectivity index (χ4n) is 1.70. The van der Waals surface area contributed by atoms with Crippen LogP contribution in [0.25, 0.3) is 0 Å². The Kier molecular flexibility index (Phi) is 7.29. The van der Waals surface area contributed by atoms with Gasteiger partial charge in [-0.15, -0.1) is 0 Å². The summed E-state index contributed by atoms with van der Waals surface area (Å²) in [6, 6.07) is 0. The number of likely N-dealkylation sites (N-methyl/N-ethyl adjacent to an activating group) is 1. The molecule has 0 bridgehead atoms. The number of rotatable bonds is 7. The molecule has 0 amide bonds. The Hall–Kier alpha value is -0.120. The minimum absolute atomic E-state index is 0.846. The average Bonchev–Trinajstić information content (AvgIpc) is 2.28. The van der Waals surface area contributed by atoms with Crippen molar-refractivity contribution in [2.75, 3.05) is 47.3 Å². The molecule has 0 spiro atoms. The molecule has 0 fully saturated rings. The fourth-order valence-corrected chi connectivity index (χ4v) is 1.96. The second-order valence-electron chi connectivity index (χ2n) is 5.49. The topological polar surface area (TPSA) is 0 Å². The predicted octanol–water partition coefficient (Wildman–Crippen LogP) is 3.36. The average molecular weight is 305 g/mol. The molecule has 0 unspecified atom stereocenters. The van der Waals surface area contributed by atoms with Crippen LogP contribution in [0.1, 0.15) is 20.8 Å². The van der Waals surface area contributed by atoms with Crippen molar-refractivity contribution in [2.45, 2.75) is 20.8 Å². The molecule has 0 heterocycles. The molecule has 0 aliphatic heterocycles. The zero-order chi connectivity index (χ0) is 13.5. The van der Waals surface area contributed by atoms with Gasteiger partial charge in [0.05, 0.1) is 53.5 Å². The Bertz CT molecular complexity index is 262. The number of halogens is 1. The first kappa shape index (κ1) is 16.9. The molecule has 0 saturated heterocycles. The van der Waals surface area contributed by atoms with Gasteiger partial charge in [-0.1, -0.05) is 15.9 Å². The van der Waals surface area contributed by atoms with Gasteiger partial charge in [0.1, 0.15) is 0 Å². The fraction of sp³-hybridized carbons (Fsp3) is 0.714. The van der Waals surface area contributed by atoms with Crippen molar-refractivity contribution in [3.05, 3.63) is 22.8 Å². The third-order valence-electron chi connectivity index (χ3n) is 3.37. The largest absolute Gasteiger partial charge is 0.321 e. The number of hydrogen-bond donors (Lipinski definition) is 0. The third kappa shape index (κ3) is 7.02. The van der Waals surface area contributed by atoms with E-state index in [4.69, 9.17) is 0 Å². The molecule has 0 aromatic heterocycles. The summed E-state index contributed by atoms with van der Waals surface area (Å²) >= 11 is 3.63. The first-order valence-electron chi connectivity index (χ1n) is 6.49. The van der Waals surface area contributed by atoms with Gasteiger partial charge in [-0.25, -0.2) is 0 Å². The van der Waals surface area contributed by atoms with Gasteiger partial charge in [-0.2, -0.15) is 0 Å². The molecule has 17 heavy (non-hydrogen) atoms. The summed E-state index contributed by atoms with van der Waals surface area (Å²) in [6.45, 7) is 11.5. The Morgan fingerprint density at radius 1 is 1.00 bits per heavy atom. The van der Waals surface area contributed by atoms with Crippen molar-refractivity contribution in [1.82, 2.24) is 0 Å². The molecule has 0 aliphatic carbocycles. The standard InChI is InChI=1S/C14H29BrN2/c1-7-17(8-2,9-3)13-11-14(15)10-12-16(4,5)6/h10-12H,7-9,13H2,1-6H3/q+2/b12-10+,14-11-. The van der Waals surface area contributed by atoms with Gasteiger partial charge in [0.15, 0.2) is 0 Å². The number of nitrogens with zero attached hydrogens (tertiary/aromatic N) is 2. The lowest BCUT2D eigenvalue weighted by molar-refractivity contribution is -0.917. The van der Waals surface area contributed by atoms with E-state index in [1.54, 1.807) is 0 Å². The smallest absolute Gasteiger partial charge is 0.0987 e. The normalized spacial score (nSPS) is 14.6. The highest BCUT2D eigenvalue weighted by atomic mass is 79.9. The molecule has 100 valence electrons. The zero-order valence-corrected chi connectivity index (χ0v) is 13.9. The van der Waals surface area contributed by atoms with Crippen molar-refractivity contribution in [3.8, 4) is 0 Å². The molecule has 3 heteroatoms. The van der Waals surface area contributed by atoms with Crippen LogP contribution >= 0.6 is 15.9 Å². The van der Waals surface area contributed by atoms with Crippen LogP contribution in [0.15, 0.2) is 22.8 Å². The number of quaternary nitrogens is 2. The van der Waals surface area contributed by atoms with Crippen molar-refractivity contribution in [2.24, 2.45) is 0 Å². The summed E-state index contributed by atoms with van der Waals surface area (Å²) in [7, 11) is 6.46. The molecule has 0 N–H and O–H groups in total. The zero-order valence-electron chi connectivity index (χ0n) is 12.3. The second kappa shape index (κ2) is 7.34. The summed E-state index contributed by atoms with van der Waals surface area (Å²) in [5.41, 5.74) is 0. The minimum Gasteiger partial charge on any atom is -0.321 e. The molecule has 0 saturated carbocycles. The van der Waals surface area contributed by atoms with E-state index in [9.17, 15) is 0 Å². The van der Waals surface area contributed by atoms with E-state index < -0.39 is 0 Å². The van der Waals surface area contributed by atoms with Crippen LogP contribution in [0.2, 0.25) is 0 Å². The third-order valence-corrected chi connectivity index (χ3v) is 3.96. The van der Waals surface area contributed by atoms with Crippen LogP contribution < -0.4 is 0 Å². The molecule has 0 aromatic carbocycles. The Labute approximate surface area is 116 Å². The number of hydrogen-bond acceptors (Lipinski definition) is 0. The first-order valence-corrected chi connectivity index (χ1v) is 7.29. The maximum Gasteiger partial charge on any atom is 0.0987 e. The predicted molar refractivity (Wildman–Crippen MR) is 80.9 cm³/mol. The summed E-state index contributed by atoms with van der Waals surface area (Å²) in [4.78, 5) is 0. The van der Waals surface area contributed by atoms with Crippen LogP contribution in [0.5, 0.6) is 0 Å². The summed E-state index contributed by atoms with van der Waals surface area (Å²) in [5.74, 6) is 0. The lowest BCUT2D eigenvalue weighted by Gasteiger charge is -2.34. The highest BCUT2D eigenvalue weighted by Gasteiger charge is 2.18. The van der Waals surface area contributed by atoms with E-state index in [2.05, 4.69) is 76.2 Å². The minimum atomic E-state index is 0.846. The first-order chi connectivity index (χ1) is 7.78. The van der Waals surface area contributed by atoms with Crippen LogP contribution in [-0.4, -0.2) is 56.3 Å². The van der Waals surface area contributed by atoms with E-state index in [1.807, 2.05) is 0 Å². The highest BCUT2D eigenvalue weighted by Crippen LogP contribution is 2.12. The van der Waals surface area contributed by atoms with Crippen LogP contribution in [0.3, 0.4) is 0 Å². The quantitative estimate of drug-likeness (QED) is 0.500. The van der Waals surface area contributed by atoms with Crippen molar-refractivity contribution >= 4 is 15.9 Å². The van der Waals surface area contributed by atoms with E-state index in [-0.39, 0.29) is 0 Å². The Morgan fingerprint density at radius 3 is 1.82 bits per heavy atom. The lowest BCUT2D eigenvalue weighted by Crippen LogP contribution is -2.47. The summed E-state index contributed by atoms with van der Waals surface area (Å²) < 4.78 is 3.19. The summed E-state index contributed by atoms with van der Waals surface area (Å²) in [5, 5.41) is 0. The summed E-state index contributed by atoms with van der Waals surface area (Å²) in [6.07, 6.45) is 6.62. The van der Waals surface area contributed by atoms with Gasteiger partial charge in [-0.05, 0) is 26.8 Å². The lowest BCUT2D eigenvalue weighted by atomic mass is 10.3. The van der Waals surface area contributed by atoms with Crippen molar-refractivity contribution in [1.29, 1.82) is 0 Å². The van der Waals surface area contributed by atoms with Gasteiger partial charge in [0.25, 0.3) is 0 Å². The van der Waals surface area contributed by atoms with Gasteiger partial charge in [0.2, 0.25) is 0 Å². The van der Waals surface area contributed by atoms with E-state index in [0.29, 0.717) is 0 Å². The Morgan fingerprint density at radius 2 is 1.47 bits per heavy atom. The molecule has 2 nitrogen and oxygen atoms in total. The molecule has 0 atom stereocenters. The maximum atomic E-state index is 3.63. The van der Waals surface area contributed by atoms with Crippen LogP contribution in [0, 0.1) is 0 Å².